The molecule has 0 spiro atoms. The van der Waals surface area contributed by atoms with Gasteiger partial charge in [-0.05, 0) is 26.8 Å². The number of nitrogens with one attached hydrogen (secondary N) is 1. The maximum Gasteiger partial charge on any atom is 0.278 e. The van der Waals surface area contributed by atoms with Gasteiger partial charge in [-0.25, -0.2) is 8.42 Å². The molecule has 0 saturated carbocycles. The third-order valence-electron chi connectivity index (χ3n) is 2.92. The van der Waals surface area contributed by atoms with E-state index in [0.29, 0.717) is 36.3 Å². The van der Waals surface area contributed by atoms with Crippen molar-refractivity contribution in [2.24, 2.45) is 0 Å². The van der Waals surface area contributed by atoms with Crippen LogP contribution < -0.4 is 5.32 Å². The van der Waals surface area contributed by atoms with Gasteiger partial charge in [0, 0.05) is 30.1 Å². The summed E-state index contributed by atoms with van der Waals surface area (Å²) in [7, 11) is -2.95. The van der Waals surface area contributed by atoms with Crippen LogP contribution in [0.4, 0.5) is 5.69 Å². The number of rotatable bonds is 7. The highest BCUT2D eigenvalue weighted by molar-refractivity contribution is 7.90. The smallest absolute Gasteiger partial charge is 0.278 e. The lowest BCUT2D eigenvalue weighted by atomic mass is 10.1. The van der Waals surface area contributed by atoms with Crippen LogP contribution in [0.1, 0.15) is 23.2 Å². The zero-order valence-electron chi connectivity index (χ0n) is 11.8. The minimum Gasteiger partial charge on any atom is -0.311 e. The largest absolute Gasteiger partial charge is 0.311 e. The fourth-order valence-corrected chi connectivity index (χ4v) is 2.56. The maximum absolute atomic E-state index is 11.0. The molecule has 0 aromatic carbocycles. The third-order valence-corrected chi connectivity index (χ3v) is 3.95. The van der Waals surface area contributed by atoms with Crippen molar-refractivity contribution in [2.75, 3.05) is 18.6 Å². The first-order chi connectivity index (χ1) is 9.22. The normalized spacial score (nSPS) is 11.6. The minimum absolute atomic E-state index is 0.0907. The van der Waals surface area contributed by atoms with Crippen LogP contribution in [0.5, 0.6) is 0 Å². The van der Waals surface area contributed by atoms with Gasteiger partial charge in [0.15, 0.2) is 0 Å². The Morgan fingerprint density at radius 3 is 2.60 bits per heavy atom. The standard InChI is InChI=1S/C12H19N3O4S/c1-9-7-14-11(10(2)12(9)15(16)17)8-13-5-4-6-20(3,18)19/h7,13H,4-6,8H2,1-3H3. The SMILES string of the molecule is Cc1cnc(CNCCCS(C)(=O)=O)c(C)c1[N+](=O)[O-]. The predicted octanol–water partition coefficient (Wildman–Crippen LogP) is 1.13. The molecule has 0 atom stereocenters. The first-order valence-corrected chi connectivity index (χ1v) is 8.26. The Morgan fingerprint density at radius 1 is 1.40 bits per heavy atom. The first kappa shape index (κ1) is 16.5. The second-order valence-corrected chi connectivity index (χ2v) is 7.04. The summed E-state index contributed by atoms with van der Waals surface area (Å²) in [5, 5.41) is 14.0. The molecule has 1 rings (SSSR count). The van der Waals surface area contributed by atoms with Crippen LogP contribution in [0.3, 0.4) is 0 Å². The van der Waals surface area contributed by atoms with Gasteiger partial charge >= 0.3 is 0 Å². The molecule has 0 amide bonds. The molecule has 0 bridgehead atoms. The lowest BCUT2D eigenvalue weighted by molar-refractivity contribution is -0.386. The Bertz CT molecular complexity index is 599. The number of nitrogens with zero attached hydrogens (tertiary/aromatic N) is 2. The average Bonchev–Trinajstić information content (AvgIpc) is 2.29. The second kappa shape index (κ2) is 6.76. The Hall–Kier alpha value is -1.54. The van der Waals surface area contributed by atoms with Crippen LogP contribution in [0.2, 0.25) is 0 Å². The van der Waals surface area contributed by atoms with Crippen molar-refractivity contribution in [1.82, 2.24) is 10.3 Å². The van der Waals surface area contributed by atoms with E-state index in [2.05, 4.69) is 10.3 Å². The molecule has 0 aliphatic carbocycles. The van der Waals surface area contributed by atoms with E-state index < -0.39 is 14.8 Å². The summed E-state index contributed by atoms with van der Waals surface area (Å²) in [6, 6.07) is 0. The fraction of sp³-hybridized carbons (Fsp3) is 0.583. The van der Waals surface area contributed by atoms with Gasteiger partial charge in [-0.1, -0.05) is 0 Å². The molecular weight excluding hydrogens is 282 g/mol. The van der Waals surface area contributed by atoms with Gasteiger partial charge in [0.25, 0.3) is 5.69 Å². The van der Waals surface area contributed by atoms with Crippen LogP contribution in [-0.2, 0) is 16.4 Å². The van der Waals surface area contributed by atoms with E-state index in [4.69, 9.17) is 0 Å². The van der Waals surface area contributed by atoms with Crippen molar-refractivity contribution < 1.29 is 13.3 Å². The highest BCUT2D eigenvalue weighted by atomic mass is 32.2. The van der Waals surface area contributed by atoms with Crippen LogP contribution in [0, 0.1) is 24.0 Å². The minimum atomic E-state index is -2.95. The molecule has 0 fully saturated rings. The van der Waals surface area contributed by atoms with Gasteiger partial charge in [0.1, 0.15) is 9.84 Å². The summed E-state index contributed by atoms with van der Waals surface area (Å²) < 4.78 is 21.9. The molecule has 0 unspecified atom stereocenters. The van der Waals surface area contributed by atoms with E-state index in [1.807, 2.05) is 0 Å². The summed E-state index contributed by atoms with van der Waals surface area (Å²) in [5.41, 5.74) is 1.79. The number of aryl methyl sites for hydroxylation is 1. The molecule has 1 heterocycles. The van der Waals surface area contributed by atoms with E-state index in [9.17, 15) is 18.5 Å². The number of hydrogen-bond acceptors (Lipinski definition) is 6. The molecule has 0 saturated heterocycles. The number of hydrogen-bond donors (Lipinski definition) is 1. The van der Waals surface area contributed by atoms with Crippen molar-refractivity contribution in [3.63, 3.8) is 0 Å². The van der Waals surface area contributed by atoms with E-state index in [1.165, 1.54) is 12.5 Å². The topological polar surface area (TPSA) is 102 Å². The van der Waals surface area contributed by atoms with E-state index >= 15 is 0 Å². The summed E-state index contributed by atoms with van der Waals surface area (Å²) in [5.74, 6) is 0.125. The molecule has 0 radical (unpaired) electrons. The monoisotopic (exact) mass is 301 g/mol. The maximum atomic E-state index is 11.0. The molecule has 0 aliphatic rings. The van der Waals surface area contributed by atoms with Gasteiger partial charge in [-0.3, -0.25) is 15.1 Å². The van der Waals surface area contributed by atoms with Crippen LogP contribution in [0.15, 0.2) is 6.20 Å². The summed E-state index contributed by atoms with van der Waals surface area (Å²) in [4.78, 5) is 14.8. The molecule has 112 valence electrons. The lowest BCUT2D eigenvalue weighted by Crippen LogP contribution is -2.19. The zero-order valence-corrected chi connectivity index (χ0v) is 12.7. The predicted molar refractivity (Wildman–Crippen MR) is 76.4 cm³/mol. The molecule has 8 heteroatoms. The van der Waals surface area contributed by atoms with Gasteiger partial charge in [0.05, 0.1) is 16.4 Å². The summed E-state index contributed by atoms with van der Waals surface area (Å²) >= 11 is 0. The highest BCUT2D eigenvalue weighted by Crippen LogP contribution is 2.23. The Labute approximate surface area is 118 Å². The van der Waals surface area contributed by atoms with Gasteiger partial charge in [-0.15, -0.1) is 0 Å². The number of nitro groups is 1. The zero-order chi connectivity index (χ0) is 15.3. The van der Waals surface area contributed by atoms with Crippen LogP contribution in [0.25, 0.3) is 0 Å². The van der Waals surface area contributed by atoms with Gasteiger partial charge < -0.3 is 5.32 Å². The van der Waals surface area contributed by atoms with E-state index in [0.717, 1.165) is 0 Å². The molecule has 1 aromatic heterocycles. The Kier molecular flexibility index (Phi) is 5.58. The molecule has 7 nitrogen and oxygen atoms in total. The highest BCUT2D eigenvalue weighted by Gasteiger charge is 2.18. The van der Waals surface area contributed by atoms with Crippen molar-refractivity contribution >= 4 is 15.5 Å². The molecule has 1 N–H and O–H groups in total. The molecule has 20 heavy (non-hydrogen) atoms. The molecule has 0 aliphatic heterocycles. The Morgan fingerprint density at radius 2 is 2.05 bits per heavy atom. The van der Waals surface area contributed by atoms with Gasteiger partial charge in [-0.2, -0.15) is 0 Å². The first-order valence-electron chi connectivity index (χ1n) is 6.20. The number of aromatic nitrogens is 1. The van der Waals surface area contributed by atoms with Crippen LogP contribution in [-0.4, -0.2) is 36.9 Å². The summed E-state index contributed by atoms with van der Waals surface area (Å²) in [6.45, 7) is 4.24. The van der Waals surface area contributed by atoms with E-state index in [1.54, 1.807) is 13.8 Å². The van der Waals surface area contributed by atoms with Crippen LogP contribution >= 0.6 is 0 Å². The third kappa shape index (κ3) is 4.86. The lowest BCUT2D eigenvalue weighted by Gasteiger charge is -2.08. The second-order valence-electron chi connectivity index (χ2n) is 4.78. The molecular formula is C12H19N3O4S. The number of pyridine rings is 1. The van der Waals surface area contributed by atoms with E-state index in [-0.39, 0.29) is 11.4 Å². The Balaban J connectivity index is 2.61. The quantitative estimate of drug-likeness (QED) is 0.460. The number of sulfone groups is 1. The van der Waals surface area contributed by atoms with Gasteiger partial charge in [0.2, 0.25) is 0 Å². The van der Waals surface area contributed by atoms with Crippen molar-refractivity contribution in [3.8, 4) is 0 Å². The summed E-state index contributed by atoms with van der Waals surface area (Å²) in [6.07, 6.45) is 3.19. The molecule has 1 aromatic rings. The average molecular weight is 301 g/mol. The van der Waals surface area contributed by atoms with Crippen molar-refractivity contribution in [2.45, 2.75) is 26.8 Å². The van der Waals surface area contributed by atoms with Crippen molar-refractivity contribution in [3.05, 3.63) is 33.1 Å². The fourth-order valence-electron chi connectivity index (χ4n) is 1.89. The van der Waals surface area contributed by atoms with Crippen molar-refractivity contribution in [1.29, 1.82) is 0 Å².